The molecular weight excluding hydrogens is 196 g/mol. The topological polar surface area (TPSA) is 29.3 Å². The molecule has 0 aromatic heterocycles. The third-order valence-corrected chi connectivity index (χ3v) is 3.00. The summed E-state index contributed by atoms with van der Waals surface area (Å²) >= 11 is 0. The van der Waals surface area contributed by atoms with Gasteiger partial charge in [-0.25, -0.2) is 0 Å². The van der Waals surface area contributed by atoms with Crippen LogP contribution in [-0.2, 0) is 6.42 Å². The number of benzene rings is 1. The Balaban J connectivity index is 2.28. The van der Waals surface area contributed by atoms with Crippen molar-refractivity contribution < 1.29 is 0 Å². The average Bonchev–Trinajstić information content (AvgIpc) is 2.27. The van der Waals surface area contributed by atoms with E-state index in [0.29, 0.717) is 5.92 Å². The van der Waals surface area contributed by atoms with Crippen LogP contribution < -0.4 is 5.73 Å². The van der Waals surface area contributed by atoms with Gasteiger partial charge in [-0.1, -0.05) is 44.2 Å². The van der Waals surface area contributed by atoms with Gasteiger partial charge in [0.1, 0.15) is 0 Å². The lowest BCUT2D eigenvalue weighted by molar-refractivity contribution is 0.286. The van der Waals surface area contributed by atoms with Gasteiger partial charge in [0.05, 0.1) is 0 Å². The van der Waals surface area contributed by atoms with Crippen molar-refractivity contribution in [1.29, 1.82) is 0 Å². The fourth-order valence-electron chi connectivity index (χ4n) is 1.63. The van der Waals surface area contributed by atoms with Crippen LogP contribution in [0.5, 0.6) is 0 Å². The average molecular weight is 220 g/mol. The summed E-state index contributed by atoms with van der Waals surface area (Å²) in [5.41, 5.74) is 7.44. The third-order valence-electron chi connectivity index (χ3n) is 3.00. The lowest BCUT2D eigenvalue weighted by Gasteiger charge is -2.23. The molecule has 0 bridgehead atoms. The van der Waals surface area contributed by atoms with Crippen molar-refractivity contribution in [2.45, 2.75) is 26.3 Å². The summed E-state index contributed by atoms with van der Waals surface area (Å²) in [5, 5.41) is 0. The molecule has 0 heterocycles. The summed E-state index contributed by atoms with van der Waals surface area (Å²) in [6.45, 7) is 6.40. The highest BCUT2D eigenvalue weighted by molar-refractivity contribution is 5.14. The molecule has 0 saturated carbocycles. The van der Waals surface area contributed by atoms with E-state index in [1.54, 1.807) is 0 Å². The molecule has 0 unspecified atom stereocenters. The highest BCUT2D eigenvalue weighted by atomic mass is 15.1. The Labute approximate surface area is 99.5 Å². The van der Waals surface area contributed by atoms with Gasteiger partial charge >= 0.3 is 0 Å². The van der Waals surface area contributed by atoms with Crippen molar-refractivity contribution in [1.82, 2.24) is 4.90 Å². The number of hydrogen-bond acceptors (Lipinski definition) is 2. The van der Waals surface area contributed by atoms with Crippen LogP contribution in [0.4, 0.5) is 0 Å². The molecule has 0 amide bonds. The second kappa shape index (κ2) is 6.66. The van der Waals surface area contributed by atoms with Crippen molar-refractivity contribution in [2.24, 2.45) is 11.7 Å². The van der Waals surface area contributed by atoms with Crippen molar-refractivity contribution in [3.63, 3.8) is 0 Å². The van der Waals surface area contributed by atoms with Gasteiger partial charge < -0.3 is 10.6 Å². The summed E-state index contributed by atoms with van der Waals surface area (Å²) in [6, 6.07) is 10.9. The van der Waals surface area contributed by atoms with Crippen molar-refractivity contribution in [3.05, 3.63) is 35.9 Å². The normalized spacial score (nSPS) is 13.4. The Morgan fingerprint density at radius 2 is 1.81 bits per heavy atom. The SMILES string of the molecule is CC(C)[C@H](N)CN(C)CCc1ccccc1. The van der Waals surface area contributed by atoms with Crippen LogP contribution in [0.2, 0.25) is 0 Å². The first-order valence-electron chi connectivity index (χ1n) is 6.07. The summed E-state index contributed by atoms with van der Waals surface area (Å²) < 4.78 is 0. The Kier molecular flexibility index (Phi) is 5.50. The number of likely N-dealkylation sites (N-methyl/N-ethyl adjacent to an activating group) is 1. The van der Waals surface area contributed by atoms with Crippen molar-refractivity contribution in [2.75, 3.05) is 20.1 Å². The molecule has 2 N–H and O–H groups in total. The molecule has 0 aliphatic rings. The molecule has 2 heteroatoms. The highest BCUT2D eigenvalue weighted by Crippen LogP contribution is 2.03. The molecule has 1 aromatic rings. The first-order chi connectivity index (χ1) is 7.59. The molecule has 0 saturated heterocycles. The van der Waals surface area contributed by atoms with Crippen LogP contribution in [0.15, 0.2) is 30.3 Å². The van der Waals surface area contributed by atoms with Crippen LogP contribution in [0.25, 0.3) is 0 Å². The zero-order valence-electron chi connectivity index (χ0n) is 10.7. The second-order valence-corrected chi connectivity index (χ2v) is 4.91. The van der Waals surface area contributed by atoms with Gasteiger partial charge in [0.15, 0.2) is 0 Å². The van der Waals surface area contributed by atoms with Crippen LogP contribution in [-0.4, -0.2) is 31.1 Å². The number of nitrogens with zero attached hydrogens (tertiary/aromatic N) is 1. The largest absolute Gasteiger partial charge is 0.326 e. The minimum Gasteiger partial charge on any atom is -0.326 e. The van der Waals surface area contributed by atoms with Gasteiger partial charge in [-0.2, -0.15) is 0 Å². The van der Waals surface area contributed by atoms with Gasteiger partial charge in [-0.15, -0.1) is 0 Å². The minimum atomic E-state index is 0.278. The number of nitrogens with two attached hydrogens (primary N) is 1. The molecule has 1 aromatic carbocycles. The summed E-state index contributed by atoms with van der Waals surface area (Å²) in [6.07, 6.45) is 1.10. The first-order valence-corrected chi connectivity index (χ1v) is 6.07. The molecule has 16 heavy (non-hydrogen) atoms. The second-order valence-electron chi connectivity index (χ2n) is 4.91. The van der Waals surface area contributed by atoms with Gasteiger partial charge in [-0.3, -0.25) is 0 Å². The zero-order chi connectivity index (χ0) is 12.0. The molecule has 1 rings (SSSR count). The fraction of sp³-hybridized carbons (Fsp3) is 0.571. The maximum absolute atomic E-state index is 6.04. The molecule has 1 atom stereocenters. The number of hydrogen-bond donors (Lipinski definition) is 1. The van der Waals surface area contributed by atoms with Crippen LogP contribution in [0, 0.1) is 5.92 Å². The molecule has 0 fully saturated rings. The van der Waals surface area contributed by atoms with E-state index in [1.165, 1.54) is 5.56 Å². The molecular formula is C14H24N2. The quantitative estimate of drug-likeness (QED) is 0.796. The minimum absolute atomic E-state index is 0.278. The van der Waals surface area contributed by atoms with E-state index in [2.05, 4.69) is 56.1 Å². The highest BCUT2D eigenvalue weighted by Gasteiger charge is 2.10. The molecule has 90 valence electrons. The Bertz CT molecular complexity index is 282. The Morgan fingerprint density at radius 1 is 1.19 bits per heavy atom. The predicted molar refractivity (Wildman–Crippen MR) is 70.5 cm³/mol. The molecule has 0 radical (unpaired) electrons. The summed E-state index contributed by atoms with van der Waals surface area (Å²) in [4.78, 5) is 2.32. The van der Waals surface area contributed by atoms with E-state index >= 15 is 0 Å². The maximum Gasteiger partial charge on any atom is 0.0191 e. The summed E-state index contributed by atoms with van der Waals surface area (Å²) in [5.74, 6) is 0.555. The third kappa shape index (κ3) is 4.77. The van der Waals surface area contributed by atoms with Crippen molar-refractivity contribution in [3.8, 4) is 0 Å². The van der Waals surface area contributed by atoms with Gasteiger partial charge in [0.25, 0.3) is 0 Å². The monoisotopic (exact) mass is 220 g/mol. The summed E-state index contributed by atoms with van der Waals surface area (Å²) in [7, 11) is 2.14. The van der Waals surface area contributed by atoms with E-state index in [0.717, 1.165) is 19.5 Å². The predicted octanol–water partition coefficient (Wildman–Crippen LogP) is 2.14. The van der Waals surface area contributed by atoms with Gasteiger partial charge in [0.2, 0.25) is 0 Å². The zero-order valence-corrected chi connectivity index (χ0v) is 10.7. The molecule has 2 nitrogen and oxygen atoms in total. The van der Waals surface area contributed by atoms with Crippen LogP contribution in [0.1, 0.15) is 19.4 Å². The molecule has 0 aliphatic carbocycles. The molecule has 0 spiro atoms. The van der Waals surface area contributed by atoms with E-state index in [-0.39, 0.29) is 6.04 Å². The van der Waals surface area contributed by atoms with E-state index in [9.17, 15) is 0 Å². The lowest BCUT2D eigenvalue weighted by Crippen LogP contribution is -2.39. The molecule has 0 aliphatic heterocycles. The van der Waals surface area contributed by atoms with Crippen LogP contribution >= 0.6 is 0 Å². The number of rotatable bonds is 6. The van der Waals surface area contributed by atoms with E-state index in [1.807, 2.05) is 0 Å². The van der Waals surface area contributed by atoms with Crippen LogP contribution in [0.3, 0.4) is 0 Å². The van der Waals surface area contributed by atoms with E-state index in [4.69, 9.17) is 5.73 Å². The smallest absolute Gasteiger partial charge is 0.0191 e. The van der Waals surface area contributed by atoms with E-state index < -0.39 is 0 Å². The van der Waals surface area contributed by atoms with Crippen molar-refractivity contribution >= 4 is 0 Å². The maximum atomic E-state index is 6.04. The lowest BCUT2D eigenvalue weighted by atomic mass is 10.1. The standard InChI is InChI=1S/C14H24N2/c1-12(2)14(15)11-16(3)10-9-13-7-5-4-6-8-13/h4-8,12,14H,9-11,15H2,1-3H3/t14-/m1/s1. The first kappa shape index (κ1) is 13.2. The Morgan fingerprint density at radius 3 is 2.38 bits per heavy atom. The van der Waals surface area contributed by atoms with Gasteiger partial charge in [0, 0.05) is 19.1 Å². The van der Waals surface area contributed by atoms with Gasteiger partial charge in [-0.05, 0) is 24.9 Å². The Hall–Kier alpha value is -0.860. The fourth-order valence-corrected chi connectivity index (χ4v) is 1.63.